The van der Waals surface area contributed by atoms with Crippen molar-refractivity contribution in [2.24, 2.45) is 0 Å². The van der Waals surface area contributed by atoms with E-state index in [4.69, 9.17) is 5.11 Å². The number of carbonyl (C=O) groups is 2. The van der Waals surface area contributed by atoms with Crippen LogP contribution in [0.5, 0.6) is 0 Å². The van der Waals surface area contributed by atoms with Crippen molar-refractivity contribution in [3.8, 4) is 0 Å². The van der Waals surface area contributed by atoms with Crippen LogP contribution < -0.4 is 0 Å². The van der Waals surface area contributed by atoms with Gasteiger partial charge in [-0.1, -0.05) is 41.1 Å². The second-order valence-corrected chi connectivity index (χ2v) is 4.54. The molecule has 0 aromatic heterocycles. The van der Waals surface area contributed by atoms with Crippen LogP contribution in [0.1, 0.15) is 29.7 Å². The zero-order chi connectivity index (χ0) is 13.7. The summed E-state index contributed by atoms with van der Waals surface area (Å²) in [5.74, 6) is -1.21. The highest BCUT2D eigenvalue weighted by Crippen LogP contribution is 2.21. The SMILES string of the molecule is CCc1cc(CC(=O)CBr)ccc1C(O)C(=O)O. The smallest absolute Gasteiger partial charge is 0.337 e. The average Bonchev–Trinajstić information content (AvgIpc) is 2.37. The molecule has 0 saturated carbocycles. The maximum absolute atomic E-state index is 11.3. The second-order valence-electron chi connectivity index (χ2n) is 3.98. The Morgan fingerprint density at radius 3 is 2.56 bits per heavy atom. The number of aryl methyl sites for hydroxylation is 1. The molecule has 0 bridgehead atoms. The quantitative estimate of drug-likeness (QED) is 0.786. The summed E-state index contributed by atoms with van der Waals surface area (Å²) in [6.07, 6.45) is -0.599. The van der Waals surface area contributed by atoms with Gasteiger partial charge in [0.25, 0.3) is 0 Å². The van der Waals surface area contributed by atoms with Gasteiger partial charge in [0.15, 0.2) is 6.10 Å². The van der Waals surface area contributed by atoms with E-state index < -0.39 is 12.1 Å². The van der Waals surface area contributed by atoms with Crippen LogP contribution in [0.4, 0.5) is 0 Å². The third-order valence-electron chi connectivity index (χ3n) is 2.67. The van der Waals surface area contributed by atoms with E-state index in [-0.39, 0.29) is 5.78 Å². The molecule has 1 unspecified atom stereocenters. The fourth-order valence-electron chi connectivity index (χ4n) is 1.75. The average molecular weight is 315 g/mol. The minimum atomic E-state index is -1.51. The zero-order valence-electron chi connectivity index (χ0n) is 10.0. The van der Waals surface area contributed by atoms with E-state index in [0.717, 1.165) is 11.1 Å². The number of aliphatic carboxylic acids is 1. The van der Waals surface area contributed by atoms with Crippen molar-refractivity contribution in [3.05, 3.63) is 34.9 Å². The van der Waals surface area contributed by atoms with E-state index in [2.05, 4.69) is 15.9 Å². The highest BCUT2D eigenvalue weighted by atomic mass is 79.9. The molecule has 1 rings (SSSR count). The molecule has 0 aliphatic heterocycles. The fourth-order valence-corrected chi connectivity index (χ4v) is 1.95. The predicted molar refractivity (Wildman–Crippen MR) is 70.9 cm³/mol. The van der Waals surface area contributed by atoms with Crippen molar-refractivity contribution in [2.75, 3.05) is 5.33 Å². The number of carboxylic acid groups (broad SMARTS) is 1. The summed E-state index contributed by atoms with van der Waals surface area (Å²) in [4.78, 5) is 22.1. The molecule has 0 aliphatic rings. The number of aliphatic hydroxyl groups excluding tert-OH is 1. The normalized spacial score (nSPS) is 12.2. The summed E-state index contributed by atoms with van der Waals surface area (Å²) in [5.41, 5.74) is 1.97. The third-order valence-corrected chi connectivity index (χ3v) is 3.29. The molecule has 0 spiro atoms. The highest BCUT2D eigenvalue weighted by Gasteiger charge is 2.19. The lowest BCUT2D eigenvalue weighted by Gasteiger charge is -2.12. The number of rotatable bonds is 6. The van der Waals surface area contributed by atoms with Crippen molar-refractivity contribution in [1.82, 2.24) is 0 Å². The summed E-state index contributed by atoms with van der Waals surface area (Å²) in [6, 6.07) is 5.04. The van der Waals surface area contributed by atoms with E-state index in [9.17, 15) is 14.7 Å². The van der Waals surface area contributed by atoms with E-state index in [0.29, 0.717) is 23.7 Å². The van der Waals surface area contributed by atoms with Crippen LogP contribution in [0, 0.1) is 0 Å². The van der Waals surface area contributed by atoms with Gasteiger partial charge in [0.1, 0.15) is 5.78 Å². The van der Waals surface area contributed by atoms with Crippen LogP contribution in [0.2, 0.25) is 0 Å². The Hall–Kier alpha value is -1.20. The molecule has 98 valence electrons. The van der Waals surface area contributed by atoms with Crippen molar-refractivity contribution >= 4 is 27.7 Å². The lowest BCUT2D eigenvalue weighted by molar-refractivity contribution is -0.147. The molecule has 1 atom stereocenters. The van der Waals surface area contributed by atoms with Gasteiger partial charge in [0.05, 0.1) is 5.33 Å². The molecule has 4 nitrogen and oxygen atoms in total. The van der Waals surface area contributed by atoms with Gasteiger partial charge in [0, 0.05) is 6.42 Å². The number of carboxylic acids is 1. The Bertz CT molecular complexity index is 456. The summed E-state index contributed by atoms with van der Waals surface area (Å²) in [5, 5.41) is 18.7. The molecule has 2 N–H and O–H groups in total. The molecule has 0 heterocycles. The first-order chi connectivity index (χ1) is 8.49. The molecule has 0 aliphatic carbocycles. The highest BCUT2D eigenvalue weighted by molar-refractivity contribution is 9.09. The Balaban J connectivity index is 3.03. The summed E-state index contributed by atoms with van der Waals surface area (Å²) in [7, 11) is 0. The molecule has 0 amide bonds. The molecule has 18 heavy (non-hydrogen) atoms. The number of aliphatic hydroxyl groups is 1. The van der Waals surface area contributed by atoms with Gasteiger partial charge in [-0.2, -0.15) is 0 Å². The second kappa shape index (κ2) is 6.66. The molecule has 0 radical (unpaired) electrons. The van der Waals surface area contributed by atoms with Crippen molar-refractivity contribution in [1.29, 1.82) is 0 Å². The first-order valence-electron chi connectivity index (χ1n) is 5.59. The van der Waals surface area contributed by atoms with Gasteiger partial charge in [-0.05, 0) is 23.1 Å². The monoisotopic (exact) mass is 314 g/mol. The minimum absolute atomic E-state index is 0.0589. The largest absolute Gasteiger partial charge is 0.479 e. The first kappa shape index (κ1) is 14.9. The number of carbonyl (C=O) groups excluding carboxylic acids is 1. The third kappa shape index (κ3) is 3.65. The minimum Gasteiger partial charge on any atom is -0.479 e. The van der Waals surface area contributed by atoms with E-state index in [1.165, 1.54) is 0 Å². The van der Waals surface area contributed by atoms with E-state index >= 15 is 0 Å². The number of hydrogen-bond donors (Lipinski definition) is 2. The zero-order valence-corrected chi connectivity index (χ0v) is 11.6. The van der Waals surface area contributed by atoms with Gasteiger partial charge in [-0.3, -0.25) is 4.79 Å². The van der Waals surface area contributed by atoms with Crippen LogP contribution in [0.25, 0.3) is 0 Å². The molecule has 1 aromatic rings. The molecule has 0 saturated heterocycles. The molecular formula is C13H15BrO4. The maximum atomic E-state index is 11.3. The number of ketones is 1. The Kier molecular flexibility index (Phi) is 5.50. The maximum Gasteiger partial charge on any atom is 0.337 e. The lowest BCUT2D eigenvalue weighted by Crippen LogP contribution is -2.13. The van der Waals surface area contributed by atoms with Crippen molar-refractivity contribution in [3.63, 3.8) is 0 Å². The number of Topliss-reactive ketones (excluding diaryl/α,β-unsaturated/α-hetero) is 1. The topological polar surface area (TPSA) is 74.6 Å². The standard InChI is InChI=1S/C13H15BrO4/c1-2-9-5-8(6-10(15)7-14)3-4-11(9)12(16)13(17)18/h3-5,12,16H,2,6-7H2,1H3,(H,17,18). The molecule has 5 heteroatoms. The van der Waals surface area contributed by atoms with Gasteiger partial charge in [-0.15, -0.1) is 0 Å². The molecule has 1 aromatic carbocycles. The first-order valence-corrected chi connectivity index (χ1v) is 6.72. The van der Waals surface area contributed by atoms with E-state index in [1.54, 1.807) is 18.2 Å². The predicted octanol–water partition coefficient (Wildman–Crippen LogP) is 1.87. The van der Waals surface area contributed by atoms with Crippen molar-refractivity contribution < 1.29 is 19.8 Å². The van der Waals surface area contributed by atoms with Gasteiger partial charge >= 0.3 is 5.97 Å². The number of halogens is 1. The van der Waals surface area contributed by atoms with Crippen LogP contribution in [-0.4, -0.2) is 27.3 Å². The van der Waals surface area contributed by atoms with E-state index in [1.807, 2.05) is 6.92 Å². The van der Waals surface area contributed by atoms with Crippen LogP contribution in [0.3, 0.4) is 0 Å². The van der Waals surface area contributed by atoms with Crippen LogP contribution >= 0.6 is 15.9 Å². The number of hydrogen-bond acceptors (Lipinski definition) is 3. The number of alkyl halides is 1. The van der Waals surface area contributed by atoms with Gasteiger partial charge in [-0.25, -0.2) is 4.79 Å². The Labute approximate surface area is 114 Å². The van der Waals surface area contributed by atoms with Gasteiger partial charge in [0.2, 0.25) is 0 Å². The summed E-state index contributed by atoms with van der Waals surface area (Å²) >= 11 is 3.10. The van der Waals surface area contributed by atoms with Crippen LogP contribution in [-0.2, 0) is 22.4 Å². The number of benzene rings is 1. The van der Waals surface area contributed by atoms with Crippen LogP contribution in [0.15, 0.2) is 18.2 Å². The Morgan fingerprint density at radius 2 is 2.06 bits per heavy atom. The molecular weight excluding hydrogens is 300 g/mol. The summed E-state index contributed by atoms with van der Waals surface area (Å²) < 4.78 is 0. The lowest BCUT2D eigenvalue weighted by atomic mass is 9.96. The fraction of sp³-hybridized carbons (Fsp3) is 0.385. The van der Waals surface area contributed by atoms with Gasteiger partial charge < -0.3 is 10.2 Å². The molecule has 0 fully saturated rings. The summed E-state index contributed by atoms with van der Waals surface area (Å²) in [6.45, 7) is 1.88. The van der Waals surface area contributed by atoms with Crippen molar-refractivity contribution in [2.45, 2.75) is 25.9 Å². The Morgan fingerprint density at radius 1 is 1.39 bits per heavy atom.